The fourth-order valence-corrected chi connectivity index (χ4v) is 2.73. The molecule has 0 atom stereocenters. The Morgan fingerprint density at radius 1 is 1.08 bits per heavy atom. The van der Waals surface area contributed by atoms with Crippen molar-refractivity contribution in [3.05, 3.63) is 81.6 Å². The van der Waals surface area contributed by atoms with Gasteiger partial charge in [0.05, 0.1) is 18.2 Å². The number of methoxy groups -OCH3 is 1. The third kappa shape index (κ3) is 3.80. The first-order valence-corrected chi connectivity index (χ1v) is 8.16. The van der Waals surface area contributed by atoms with Gasteiger partial charge in [0.2, 0.25) is 5.56 Å². The second kappa shape index (κ2) is 7.65. The molecule has 6 nitrogen and oxygen atoms in total. The maximum absolute atomic E-state index is 12.5. The minimum Gasteiger partial charge on any atom is -0.465 e. The molecule has 0 spiro atoms. The van der Waals surface area contributed by atoms with Crippen LogP contribution in [-0.4, -0.2) is 30.5 Å². The summed E-state index contributed by atoms with van der Waals surface area (Å²) in [6, 6.07) is 15.5. The molecule has 2 aromatic carbocycles. The van der Waals surface area contributed by atoms with E-state index in [0.717, 1.165) is 5.56 Å². The number of ether oxygens (including phenoxy) is 1. The largest absolute Gasteiger partial charge is 0.465 e. The summed E-state index contributed by atoms with van der Waals surface area (Å²) < 4.78 is 4.66. The number of pyridine rings is 1. The van der Waals surface area contributed by atoms with Gasteiger partial charge in [-0.25, -0.2) is 4.79 Å². The number of hydrogen-bond acceptors (Lipinski definition) is 4. The molecular formula is C20H18N2O4. The predicted molar refractivity (Wildman–Crippen MR) is 98.4 cm³/mol. The van der Waals surface area contributed by atoms with Gasteiger partial charge in [0.25, 0.3) is 5.91 Å². The zero-order chi connectivity index (χ0) is 18.5. The molecular weight excluding hydrogens is 332 g/mol. The Hall–Kier alpha value is -3.41. The van der Waals surface area contributed by atoms with Crippen LogP contribution < -0.4 is 10.9 Å². The van der Waals surface area contributed by atoms with E-state index in [9.17, 15) is 14.4 Å². The molecule has 3 rings (SSSR count). The number of carbonyl (C=O) groups is 2. The van der Waals surface area contributed by atoms with Crippen molar-refractivity contribution in [2.75, 3.05) is 13.7 Å². The number of para-hydroxylation sites is 1. The van der Waals surface area contributed by atoms with Crippen LogP contribution >= 0.6 is 0 Å². The third-order valence-corrected chi connectivity index (χ3v) is 4.07. The van der Waals surface area contributed by atoms with E-state index >= 15 is 0 Å². The number of carbonyl (C=O) groups excluding carboxylic acids is 2. The number of rotatable bonds is 5. The van der Waals surface area contributed by atoms with Gasteiger partial charge in [0.15, 0.2) is 0 Å². The van der Waals surface area contributed by atoms with Crippen LogP contribution in [-0.2, 0) is 11.2 Å². The topological polar surface area (TPSA) is 88.3 Å². The van der Waals surface area contributed by atoms with Crippen LogP contribution in [0.15, 0.2) is 59.4 Å². The molecule has 3 aromatic rings. The predicted octanol–water partition coefficient (Wildman–Crippen LogP) is 2.29. The van der Waals surface area contributed by atoms with E-state index in [1.54, 1.807) is 30.3 Å². The number of amides is 1. The van der Waals surface area contributed by atoms with E-state index in [0.29, 0.717) is 35.0 Å². The Labute approximate surface area is 149 Å². The highest BCUT2D eigenvalue weighted by Crippen LogP contribution is 2.14. The first kappa shape index (κ1) is 17.4. The first-order valence-electron chi connectivity index (χ1n) is 8.16. The van der Waals surface area contributed by atoms with E-state index in [1.807, 2.05) is 18.2 Å². The summed E-state index contributed by atoms with van der Waals surface area (Å²) in [7, 11) is 1.34. The minimum absolute atomic E-state index is 0.293. The van der Waals surface area contributed by atoms with Gasteiger partial charge in [-0.05, 0) is 30.2 Å². The quantitative estimate of drug-likeness (QED) is 0.691. The van der Waals surface area contributed by atoms with Crippen molar-refractivity contribution >= 4 is 22.8 Å². The second-order valence-corrected chi connectivity index (χ2v) is 5.79. The highest BCUT2D eigenvalue weighted by atomic mass is 16.5. The molecule has 2 N–H and O–H groups in total. The van der Waals surface area contributed by atoms with Crippen LogP contribution in [0.1, 0.15) is 26.3 Å². The van der Waals surface area contributed by atoms with Gasteiger partial charge in [-0.3, -0.25) is 9.59 Å². The van der Waals surface area contributed by atoms with Crippen molar-refractivity contribution in [2.45, 2.75) is 6.42 Å². The third-order valence-electron chi connectivity index (χ3n) is 4.07. The van der Waals surface area contributed by atoms with Crippen molar-refractivity contribution < 1.29 is 14.3 Å². The lowest BCUT2D eigenvalue weighted by molar-refractivity contribution is 0.0600. The number of aromatic nitrogens is 1. The molecule has 6 heteroatoms. The van der Waals surface area contributed by atoms with E-state index < -0.39 is 0 Å². The first-order chi connectivity index (χ1) is 12.6. The van der Waals surface area contributed by atoms with Crippen molar-refractivity contribution in [1.29, 1.82) is 0 Å². The van der Waals surface area contributed by atoms with E-state index in [-0.39, 0.29) is 17.4 Å². The Bertz CT molecular complexity index is 1010. The molecule has 26 heavy (non-hydrogen) atoms. The van der Waals surface area contributed by atoms with Gasteiger partial charge in [-0.1, -0.05) is 30.3 Å². The number of benzene rings is 2. The van der Waals surface area contributed by atoms with Crippen LogP contribution in [0, 0.1) is 0 Å². The standard InChI is InChI=1S/C20H18N2O4/c1-26-20(25)14-8-6-13(7-9-14)10-11-21-19(24)16-12-18(23)22-17-5-3-2-4-15(16)17/h2-9,12H,10-11H2,1H3,(H,21,24)(H,22,23). The molecule has 1 heterocycles. The molecule has 0 aliphatic rings. The monoisotopic (exact) mass is 350 g/mol. The van der Waals surface area contributed by atoms with Gasteiger partial charge in [0.1, 0.15) is 0 Å². The summed E-state index contributed by atoms with van der Waals surface area (Å²) in [5.74, 6) is -0.676. The maximum atomic E-state index is 12.5. The average Bonchev–Trinajstić information content (AvgIpc) is 2.67. The molecule has 0 bridgehead atoms. The molecule has 0 fully saturated rings. The van der Waals surface area contributed by atoms with Crippen LogP contribution in [0.4, 0.5) is 0 Å². The lowest BCUT2D eigenvalue weighted by Crippen LogP contribution is -2.27. The van der Waals surface area contributed by atoms with Crippen LogP contribution in [0.3, 0.4) is 0 Å². The Kier molecular flexibility index (Phi) is 5.12. The molecule has 1 aromatic heterocycles. The molecule has 0 radical (unpaired) electrons. The Morgan fingerprint density at radius 2 is 1.81 bits per heavy atom. The van der Waals surface area contributed by atoms with Gasteiger partial charge < -0.3 is 15.0 Å². The lowest BCUT2D eigenvalue weighted by atomic mass is 10.1. The van der Waals surface area contributed by atoms with Gasteiger partial charge in [-0.15, -0.1) is 0 Å². The number of H-pyrrole nitrogens is 1. The molecule has 0 aliphatic carbocycles. The smallest absolute Gasteiger partial charge is 0.337 e. The van der Waals surface area contributed by atoms with Crippen LogP contribution in [0.2, 0.25) is 0 Å². The summed E-state index contributed by atoms with van der Waals surface area (Å²) in [6.45, 7) is 0.414. The van der Waals surface area contributed by atoms with E-state index in [4.69, 9.17) is 0 Å². The number of esters is 1. The molecule has 0 aliphatic heterocycles. The summed E-state index contributed by atoms with van der Waals surface area (Å²) in [5.41, 5.74) is 2.13. The molecule has 0 saturated heterocycles. The van der Waals surface area contributed by atoms with E-state index in [2.05, 4.69) is 15.0 Å². The zero-order valence-corrected chi connectivity index (χ0v) is 14.2. The van der Waals surface area contributed by atoms with Crippen molar-refractivity contribution in [3.63, 3.8) is 0 Å². The fourth-order valence-electron chi connectivity index (χ4n) is 2.73. The number of hydrogen-bond donors (Lipinski definition) is 2. The highest BCUT2D eigenvalue weighted by Gasteiger charge is 2.11. The van der Waals surface area contributed by atoms with Crippen molar-refractivity contribution in [3.8, 4) is 0 Å². The SMILES string of the molecule is COC(=O)c1ccc(CCNC(=O)c2cc(=O)[nH]c3ccccc23)cc1. The van der Waals surface area contributed by atoms with Crippen LogP contribution in [0.25, 0.3) is 10.9 Å². The fraction of sp³-hybridized carbons (Fsp3) is 0.150. The lowest BCUT2D eigenvalue weighted by Gasteiger charge is -2.08. The summed E-state index contributed by atoms with van der Waals surface area (Å²) in [5, 5.41) is 3.53. The molecule has 0 unspecified atom stereocenters. The second-order valence-electron chi connectivity index (χ2n) is 5.79. The minimum atomic E-state index is -0.383. The zero-order valence-electron chi connectivity index (χ0n) is 14.2. The Balaban J connectivity index is 1.66. The summed E-state index contributed by atoms with van der Waals surface area (Å²) in [4.78, 5) is 38.3. The Morgan fingerprint density at radius 3 is 2.54 bits per heavy atom. The van der Waals surface area contributed by atoms with Crippen LogP contribution in [0.5, 0.6) is 0 Å². The molecule has 0 saturated carbocycles. The normalized spacial score (nSPS) is 10.5. The summed E-state index contributed by atoms with van der Waals surface area (Å²) >= 11 is 0. The van der Waals surface area contributed by atoms with Crippen molar-refractivity contribution in [2.24, 2.45) is 0 Å². The number of fused-ring (bicyclic) bond motifs is 1. The summed E-state index contributed by atoms with van der Waals surface area (Å²) in [6.07, 6.45) is 0.605. The molecule has 1 amide bonds. The van der Waals surface area contributed by atoms with Gasteiger partial charge in [-0.2, -0.15) is 0 Å². The number of nitrogens with one attached hydrogen (secondary N) is 2. The highest BCUT2D eigenvalue weighted by molar-refractivity contribution is 6.05. The average molecular weight is 350 g/mol. The van der Waals surface area contributed by atoms with Crippen molar-refractivity contribution in [1.82, 2.24) is 10.3 Å². The van der Waals surface area contributed by atoms with Gasteiger partial charge >= 0.3 is 5.97 Å². The molecule has 132 valence electrons. The number of aromatic amines is 1. The maximum Gasteiger partial charge on any atom is 0.337 e. The van der Waals surface area contributed by atoms with Gasteiger partial charge in [0, 0.05) is 23.5 Å². The van der Waals surface area contributed by atoms with E-state index in [1.165, 1.54) is 13.2 Å².